The molecular formula is C14H18N4O2. The molecule has 1 N–H and O–H groups in total. The molecule has 20 heavy (non-hydrogen) atoms. The zero-order chi connectivity index (χ0) is 14.6. The predicted octanol–water partition coefficient (Wildman–Crippen LogP) is 1.82. The molecule has 1 aliphatic rings. The number of piperidine rings is 1. The molecule has 1 aromatic heterocycles. The number of hydrogen-bond acceptors (Lipinski definition) is 5. The number of rotatable bonds is 4. The van der Waals surface area contributed by atoms with Gasteiger partial charge in [-0.3, -0.25) is 4.79 Å². The number of aromatic nitrogens is 2. The maximum atomic E-state index is 11.5. The van der Waals surface area contributed by atoms with E-state index in [9.17, 15) is 9.90 Å². The summed E-state index contributed by atoms with van der Waals surface area (Å²) in [5, 5.41) is 18.3. The maximum absolute atomic E-state index is 11.5. The Morgan fingerprint density at radius 2 is 2.25 bits per heavy atom. The van der Waals surface area contributed by atoms with E-state index >= 15 is 0 Å². The average Bonchev–Trinajstić information content (AvgIpc) is 2.48. The Morgan fingerprint density at radius 3 is 2.80 bits per heavy atom. The SMILES string of the molecule is CCCC1(C(=O)O)CCN(c2nccc(C#N)n2)CC1. The summed E-state index contributed by atoms with van der Waals surface area (Å²) in [5.41, 5.74) is -0.281. The minimum absolute atomic E-state index is 0.332. The molecule has 6 heteroatoms. The van der Waals surface area contributed by atoms with Gasteiger partial charge in [-0.15, -0.1) is 0 Å². The van der Waals surface area contributed by atoms with Gasteiger partial charge in [-0.1, -0.05) is 13.3 Å². The lowest BCUT2D eigenvalue weighted by Gasteiger charge is -2.38. The second-order valence-electron chi connectivity index (χ2n) is 5.18. The van der Waals surface area contributed by atoms with E-state index in [4.69, 9.17) is 5.26 Å². The Labute approximate surface area is 118 Å². The Kier molecular flexibility index (Phi) is 4.18. The Hall–Kier alpha value is -2.16. The second kappa shape index (κ2) is 5.87. The lowest BCUT2D eigenvalue weighted by molar-refractivity contribution is -0.150. The first-order valence-corrected chi connectivity index (χ1v) is 6.83. The van der Waals surface area contributed by atoms with E-state index in [0.717, 1.165) is 6.42 Å². The van der Waals surface area contributed by atoms with Crippen LogP contribution in [0, 0.1) is 16.7 Å². The van der Waals surface area contributed by atoms with Crippen LogP contribution in [-0.2, 0) is 4.79 Å². The van der Waals surface area contributed by atoms with Gasteiger partial charge in [-0.25, -0.2) is 9.97 Å². The van der Waals surface area contributed by atoms with Crippen molar-refractivity contribution in [3.8, 4) is 6.07 Å². The molecule has 0 aliphatic carbocycles. The number of carboxylic acid groups (broad SMARTS) is 1. The zero-order valence-electron chi connectivity index (χ0n) is 11.5. The zero-order valence-corrected chi connectivity index (χ0v) is 11.5. The van der Waals surface area contributed by atoms with Crippen LogP contribution in [0.25, 0.3) is 0 Å². The van der Waals surface area contributed by atoms with Crippen molar-refractivity contribution in [1.82, 2.24) is 9.97 Å². The van der Waals surface area contributed by atoms with Crippen molar-refractivity contribution >= 4 is 11.9 Å². The van der Waals surface area contributed by atoms with Gasteiger partial charge in [-0.2, -0.15) is 5.26 Å². The van der Waals surface area contributed by atoms with E-state index in [1.54, 1.807) is 12.3 Å². The molecule has 1 aliphatic heterocycles. The Bertz CT molecular complexity index is 530. The summed E-state index contributed by atoms with van der Waals surface area (Å²) in [6, 6.07) is 3.55. The molecule has 1 saturated heterocycles. The number of nitrogens with zero attached hydrogens (tertiary/aromatic N) is 4. The smallest absolute Gasteiger partial charge is 0.309 e. The fraction of sp³-hybridized carbons (Fsp3) is 0.571. The highest BCUT2D eigenvalue weighted by Gasteiger charge is 2.41. The Morgan fingerprint density at radius 1 is 1.55 bits per heavy atom. The lowest BCUT2D eigenvalue weighted by atomic mass is 9.75. The van der Waals surface area contributed by atoms with Crippen LogP contribution in [-0.4, -0.2) is 34.1 Å². The third-order valence-electron chi connectivity index (χ3n) is 3.94. The van der Waals surface area contributed by atoms with E-state index < -0.39 is 11.4 Å². The molecule has 0 aromatic carbocycles. The van der Waals surface area contributed by atoms with Gasteiger partial charge in [0.2, 0.25) is 5.95 Å². The van der Waals surface area contributed by atoms with Crippen molar-refractivity contribution in [3.05, 3.63) is 18.0 Å². The lowest BCUT2D eigenvalue weighted by Crippen LogP contribution is -2.45. The van der Waals surface area contributed by atoms with Gasteiger partial charge in [0.05, 0.1) is 5.41 Å². The summed E-state index contributed by atoms with van der Waals surface area (Å²) in [7, 11) is 0. The van der Waals surface area contributed by atoms with Gasteiger partial charge >= 0.3 is 5.97 Å². The molecule has 2 heterocycles. The number of carbonyl (C=O) groups is 1. The van der Waals surface area contributed by atoms with Crippen LogP contribution in [0.2, 0.25) is 0 Å². The molecule has 106 valence electrons. The first-order chi connectivity index (χ1) is 9.61. The van der Waals surface area contributed by atoms with Crippen LogP contribution in [0.1, 0.15) is 38.3 Å². The first kappa shape index (κ1) is 14.3. The van der Waals surface area contributed by atoms with Crippen molar-refractivity contribution in [2.45, 2.75) is 32.6 Å². The minimum atomic E-state index is -0.703. The molecule has 0 radical (unpaired) electrons. The minimum Gasteiger partial charge on any atom is -0.481 e. The van der Waals surface area contributed by atoms with Gasteiger partial charge in [0, 0.05) is 19.3 Å². The fourth-order valence-electron chi connectivity index (χ4n) is 2.75. The van der Waals surface area contributed by atoms with Crippen molar-refractivity contribution in [2.75, 3.05) is 18.0 Å². The topological polar surface area (TPSA) is 90.1 Å². The van der Waals surface area contributed by atoms with E-state index in [2.05, 4.69) is 9.97 Å². The van der Waals surface area contributed by atoms with Crippen molar-refractivity contribution < 1.29 is 9.90 Å². The van der Waals surface area contributed by atoms with E-state index in [1.165, 1.54) is 0 Å². The van der Waals surface area contributed by atoms with E-state index in [0.29, 0.717) is 44.0 Å². The van der Waals surface area contributed by atoms with Crippen LogP contribution in [0.3, 0.4) is 0 Å². The van der Waals surface area contributed by atoms with Gasteiger partial charge in [0.1, 0.15) is 11.8 Å². The highest BCUT2D eigenvalue weighted by molar-refractivity contribution is 5.75. The third-order valence-corrected chi connectivity index (χ3v) is 3.94. The number of nitriles is 1. The highest BCUT2D eigenvalue weighted by Crippen LogP contribution is 2.37. The number of anilines is 1. The molecule has 0 amide bonds. The molecule has 0 unspecified atom stereocenters. The first-order valence-electron chi connectivity index (χ1n) is 6.83. The van der Waals surface area contributed by atoms with Gasteiger partial charge in [0.25, 0.3) is 0 Å². The number of aliphatic carboxylic acids is 1. The van der Waals surface area contributed by atoms with Gasteiger partial charge < -0.3 is 10.0 Å². The summed E-state index contributed by atoms with van der Waals surface area (Å²) < 4.78 is 0. The molecule has 1 aromatic rings. The molecule has 0 spiro atoms. The monoisotopic (exact) mass is 274 g/mol. The van der Waals surface area contributed by atoms with Crippen LogP contribution in [0.4, 0.5) is 5.95 Å². The van der Waals surface area contributed by atoms with Crippen LogP contribution in [0.5, 0.6) is 0 Å². The number of carboxylic acids is 1. The third kappa shape index (κ3) is 2.72. The summed E-state index contributed by atoms with van der Waals surface area (Å²) in [6.45, 7) is 3.24. The molecule has 6 nitrogen and oxygen atoms in total. The van der Waals surface area contributed by atoms with E-state index in [-0.39, 0.29) is 0 Å². The predicted molar refractivity (Wildman–Crippen MR) is 73.2 cm³/mol. The molecule has 1 fully saturated rings. The van der Waals surface area contributed by atoms with Crippen LogP contribution in [0.15, 0.2) is 12.3 Å². The summed E-state index contributed by atoms with van der Waals surface area (Å²) >= 11 is 0. The van der Waals surface area contributed by atoms with Gasteiger partial charge in [0.15, 0.2) is 0 Å². The molecule has 0 saturated carbocycles. The fourth-order valence-corrected chi connectivity index (χ4v) is 2.75. The average molecular weight is 274 g/mol. The maximum Gasteiger partial charge on any atom is 0.309 e. The molecule has 2 rings (SSSR count). The van der Waals surface area contributed by atoms with Crippen LogP contribution >= 0.6 is 0 Å². The molecular weight excluding hydrogens is 256 g/mol. The Balaban J connectivity index is 2.10. The van der Waals surface area contributed by atoms with Gasteiger partial charge in [-0.05, 0) is 25.3 Å². The van der Waals surface area contributed by atoms with Crippen molar-refractivity contribution in [2.24, 2.45) is 5.41 Å². The summed E-state index contributed by atoms with van der Waals surface area (Å²) in [6.07, 6.45) is 4.32. The number of hydrogen-bond donors (Lipinski definition) is 1. The summed E-state index contributed by atoms with van der Waals surface area (Å²) in [4.78, 5) is 21.8. The quantitative estimate of drug-likeness (QED) is 0.900. The largest absolute Gasteiger partial charge is 0.481 e. The van der Waals surface area contributed by atoms with Crippen molar-refractivity contribution in [3.63, 3.8) is 0 Å². The van der Waals surface area contributed by atoms with Crippen molar-refractivity contribution in [1.29, 1.82) is 5.26 Å². The molecule has 0 bridgehead atoms. The molecule has 0 atom stereocenters. The summed E-state index contributed by atoms with van der Waals surface area (Å²) in [5.74, 6) is -0.190. The standard InChI is InChI=1S/C14H18N4O2/c1-2-4-14(12(19)20)5-8-18(9-6-14)13-16-7-3-11(10-15)17-13/h3,7H,2,4-6,8-9H2,1H3,(H,19,20). The second-order valence-corrected chi connectivity index (χ2v) is 5.18. The van der Waals surface area contributed by atoms with Crippen LogP contribution < -0.4 is 4.90 Å². The normalized spacial score (nSPS) is 17.5. The van der Waals surface area contributed by atoms with E-state index in [1.807, 2.05) is 17.9 Å². The highest BCUT2D eigenvalue weighted by atomic mass is 16.4.